The molecule has 1 aromatic rings. The Hall–Kier alpha value is -1.48. The first-order valence-electron chi connectivity index (χ1n) is 5.92. The van der Waals surface area contributed by atoms with Crippen LogP contribution in [0.4, 0.5) is 0 Å². The third-order valence-corrected chi connectivity index (χ3v) is 5.65. The van der Waals surface area contributed by atoms with Crippen molar-refractivity contribution in [3.8, 4) is 0 Å². The van der Waals surface area contributed by atoms with Gasteiger partial charge in [-0.3, -0.25) is 0 Å². The van der Waals surface area contributed by atoms with Gasteiger partial charge in [0.1, 0.15) is 0 Å². The van der Waals surface area contributed by atoms with Crippen molar-refractivity contribution in [2.24, 2.45) is 0 Å². The normalized spacial score (nSPS) is 15.8. The molecular weight excluding hydrogens is 377 g/mol. The van der Waals surface area contributed by atoms with Crippen molar-refractivity contribution < 1.29 is 22.9 Å². The van der Waals surface area contributed by atoms with E-state index in [1.54, 1.807) is 12.1 Å². The first-order chi connectivity index (χ1) is 9.52. The topological polar surface area (TPSA) is 94.9 Å². The van der Waals surface area contributed by atoms with Gasteiger partial charge in [0.25, 0.3) is 0 Å². The number of carboxylic acid groups (broad SMARTS) is 1. The SMILES string of the molecule is O=CI(O)CC(CC(=O)O)N1Cc2ccccc2C1=O. The van der Waals surface area contributed by atoms with Gasteiger partial charge in [-0.25, -0.2) is 0 Å². The van der Waals surface area contributed by atoms with E-state index in [2.05, 4.69) is 0 Å². The Morgan fingerprint density at radius 2 is 2.15 bits per heavy atom. The third kappa shape index (κ3) is 3.15. The molecule has 108 valence electrons. The van der Waals surface area contributed by atoms with Gasteiger partial charge in [0.15, 0.2) is 0 Å². The zero-order valence-corrected chi connectivity index (χ0v) is 12.7. The van der Waals surface area contributed by atoms with E-state index in [0.29, 0.717) is 16.4 Å². The monoisotopic (exact) mass is 391 g/mol. The molecule has 1 heterocycles. The minimum absolute atomic E-state index is 0.0828. The number of hydrogen-bond acceptors (Lipinski definition) is 4. The molecule has 2 N–H and O–H groups in total. The number of benzene rings is 1. The van der Waals surface area contributed by atoms with Crippen LogP contribution in [0.15, 0.2) is 24.3 Å². The van der Waals surface area contributed by atoms with E-state index in [1.165, 1.54) is 4.90 Å². The summed E-state index contributed by atoms with van der Waals surface area (Å²) in [7, 11) is 0. The van der Waals surface area contributed by atoms with Crippen LogP contribution in [0.2, 0.25) is 0 Å². The van der Waals surface area contributed by atoms with Crippen LogP contribution < -0.4 is 0 Å². The molecule has 20 heavy (non-hydrogen) atoms. The minimum atomic E-state index is -2.79. The van der Waals surface area contributed by atoms with E-state index >= 15 is 0 Å². The number of hydrogen-bond donors (Lipinski definition) is 2. The van der Waals surface area contributed by atoms with Gasteiger partial charge in [-0.1, -0.05) is 0 Å². The van der Waals surface area contributed by atoms with Crippen molar-refractivity contribution in [3.63, 3.8) is 0 Å². The van der Waals surface area contributed by atoms with Crippen LogP contribution in [-0.2, 0) is 16.1 Å². The predicted molar refractivity (Wildman–Crippen MR) is 80.2 cm³/mol. The molecule has 0 saturated carbocycles. The standard InChI is InChI=1S/C13H14INO5/c16-8-14(20)6-10(5-12(17)18)15-7-9-3-1-2-4-11(9)13(15)19/h1-4,8,10,20H,5-7H2,(H,17,18). The molecule has 0 aliphatic carbocycles. The maximum atomic E-state index is 12.3. The number of nitrogens with zero attached hydrogens (tertiary/aromatic N) is 1. The molecule has 0 bridgehead atoms. The van der Waals surface area contributed by atoms with E-state index in [9.17, 15) is 17.8 Å². The van der Waals surface area contributed by atoms with Crippen molar-refractivity contribution >= 4 is 36.4 Å². The van der Waals surface area contributed by atoms with Gasteiger partial charge in [0.2, 0.25) is 0 Å². The first kappa shape index (κ1) is 14.9. The Bertz CT molecular complexity index is 547. The maximum absolute atomic E-state index is 12.3. The van der Waals surface area contributed by atoms with E-state index in [0.717, 1.165) is 5.56 Å². The van der Waals surface area contributed by atoms with Crippen LogP contribution in [0, 0.1) is 0 Å². The average molecular weight is 391 g/mol. The fourth-order valence-corrected chi connectivity index (χ4v) is 4.28. The van der Waals surface area contributed by atoms with Gasteiger partial charge in [-0.2, -0.15) is 0 Å². The Morgan fingerprint density at radius 3 is 2.75 bits per heavy atom. The molecule has 1 amide bonds. The second-order valence-electron chi connectivity index (χ2n) is 4.46. The van der Waals surface area contributed by atoms with Crippen LogP contribution in [-0.4, -0.2) is 40.1 Å². The number of carbonyl (C=O) groups excluding carboxylic acids is 2. The van der Waals surface area contributed by atoms with Crippen molar-refractivity contribution in [2.75, 3.05) is 4.43 Å². The summed E-state index contributed by atoms with van der Waals surface area (Å²) in [6.07, 6.45) is -0.262. The molecule has 0 aromatic heterocycles. The van der Waals surface area contributed by atoms with Gasteiger partial charge in [0, 0.05) is 0 Å². The Labute approximate surface area is 123 Å². The fourth-order valence-electron chi connectivity index (χ4n) is 2.24. The fraction of sp³-hybridized carbons (Fsp3) is 0.308. The summed E-state index contributed by atoms with van der Waals surface area (Å²) in [6.45, 7) is 0.329. The number of fused-ring (bicyclic) bond motifs is 1. The number of alkyl halides is 1. The summed E-state index contributed by atoms with van der Waals surface area (Å²) < 4.78 is 10.2. The van der Waals surface area contributed by atoms with Crippen molar-refractivity contribution in [1.82, 2.24) is 4.90 Å². The third-order valence-electron chi connectivity index (χ3n) is 3.14. The molecule has 7 heteroatoms. The van der Waals surface area contributed by atoms with Crippen molar-refractivity contribution in [3.05, 3.63) is 35.4 Å². The molecule has 0 saturated heterocycles. The molecule has 6 nitrogen and oxygen atoms in total. The van der Waals surface area contributed by atoms with Crippen LogP contribution in [0.3, 0.4) is 0 Å². The molecule has 1 aromatic carbocycles. The number of rotatable bonds is 6. The van der Waals surface area contributed by atoms with Crippen LogP contribution in [0.1, 0.15) is 22.3 Å². The number of halogens is 1. The van der Waals surface area contributed by atoms with E-state index in [4.69, 9.17) is 5.11 Å². The quantitative estimate of drug-likeness (QED) is 0.328. The van der Waals surface area contributed by atoms with Gasteiger partial charge >= 0.3 is 123 Å². The number of carboxylic acids is 1. The second kappa shape index (κ2) is 6.31. The summed E-state index contributed by atoms with van der Waals surface area (Å²) in [5, 5.41) is 8.94. The zero-order chi connectivity index (χ0) is 14.7. The first-order valence-corrected chi connectivity index (χ1v) is 9.66. The number of aliphatic carboxylic acids is 1. The summed E-state index contributed by atoms with van der Waals surface area (Å²) >= 11 is -2.79. The summed E-state index contributed by atoms with van der Waals surface area (Å²) in [5.41, 5.74) is 1.41. The Kier molecular flexibility index (Phi) is 4.71. The van der Waals surface area contributed by atoms with Crippen LogP contribution in [0.5, 0.6) is 0 Å². The van der Waals surface area contributed by atoms with Gasteiger partial charge < -0.3 is 0 Å². The Balaban J connectivity index is 2.20. The van der Waals surface area contributed by atoms with Gasteiger partial charge in [-0.05, 0) is 0 Å². The van der Waals surface area contributed by atoms with Crippen molar-refractivity contribution in [2.45, 2.75) is 19.0 Å². The molecule has 2 rings (SSSR count). The summed E-state index contributed by atoms with van der Waals surface area (Å²) in [4.78, 5) is 35.3. The second-order valence-corrected chi connectivity index (χ2v) is 7.97. The van der Waals surface area contributed by atoms with Crippen molar-refractivity contribution in [1.29, 1.82) is 0 Å². The molecule has 1 unspecified atom stereocenters. The molecule has 0 radical (unpaired) electrons. The average Bonchev–Trinajstić information content (AvgIpc) is 2.75. The van der Waals surface area contributed by atoms with Gasteiger partial charge in [-0.15, -0.1) is 0 Å². The zero-order valence-electron chi connectivity index (χ0n) is 10.5. The molecule has 1 aliphatic rings. The summed E-state index contributed by atoms with van der Waals surface area (Å²) in [6, 6.07) is 6.46. The Morgan fingerprint density at radius 1 is 1.45 bits per heavy atom. The number of carbonyl (C=O) groups is 3. The van der Waals surface area contributed by atoms with Crippen LogP contribution in [0.25, 0.3) is 0 Å². The van der Waals surface area contributed by atoms with Crippen LogP contribution >= 0.6 is 20.2 Å². The van der Waals surface area contributed by atoms with E-state index in [-0.39, 0.29) is 16.8 Å². The van der Waals surface area contributed by atoms with E-state index < -0.39 is 32.2 Å². The van der Waals surface area contributed by atoms with Gasteiger partial charge in [0.05, 0.1) is 0 Å². The molecule has 0 fully saturated rings. The molecule has 0 spiro atoms. The molecular formula is C13H14INO5. The van der Waals surface area contributed by atoms with E-state index in [1.807, 2.05) is 12.1 Å². The molecule has 1 aliphatic heterocycles. The summed E-state index contributed by atoms with van der Waals surface area (Å²) in [5.74, 6) is -1.28. The predicted octanol–water partition coefficient (Wildman–Crippen LogP) is 1.09. The molecule has 1 atom stereocenters. The number of amides is 1.